The lowest BCUT2D eigenvalue weighted by molar-refractivity contribution is -0.131. The molecule has 0 saturated carbocycles. The van der Waals surface area contributed by atoms with Gasteiger partial charge in [-0.15, -0.1) is 0 Å². The molecule has 0 aliphatic carbocycles. The zero-order valence-electron chi connectivity index (χ0n) is 12.1. The van der Waals surface area contributed by atoms with Gasteiger partial charge in [0.1, 0.15) is 0 Å². The maximum absolute atomic E-state index is 12.0. The van der Waals surface area contributed by atoms with Crippen molar-refractivity contribution in [2.75, 3.05) is 66.0 Å². The van der Waals surface area contributed by atoms with Gasteiger partial charge in [0.2, 0.25) is 5.91 Å². The van der Waals surface area contributed by atoms with Crippen LogP contribution >= 0.6 is 0 Å². The van der Waals surface area contributed by atoms with Gasteiger partial charge in [-0.1, -0.05) is 0 Å². The molecule has 1 aliphatic rings. The molecule has 19 heavy (non-hydrogen) atoms. The van der Waals surface area contributed by atoms with Crippen LogP contribution in [0, 0.1) is 0 Å². The zero-order chi connectivity index (χ0) is 14.1. The van der Waals surface area contributed by atoms with Gasteiger partial charge in [0.15, 0.2) is 0 Å². The summed E-state index contributed by atoms with van der Waals surface area (Å²) in [6.45, 7) is 6.59. The van der Waals surface area contributed by atoms with Crippen LogP contribution in [-0.4, -0.2) is 91.7 Å². The first-order valence-electron chi connectivity index (χ1n) is 7.17. The average Bonchev–Trinajstić information content (AvgIpc) is 2.62. The molecule has 0 aromatic carbocycles. The van der Waals surface area contributed by atoms with Crippen LogP contribution < -0.4 is 5.73 Å². The third-order valence-corrected chi connectivity index (χ3v) is 3.58. The van der Waals surface area contributed by atoms with Crippen molar-refractivity contribution in [3.05, 3.63) is 0 Å². The third kappa shape index (κ3) is 6.33. The topological polar surface area (TPSA) is 73.0 Å². The number of nitrogens with two attached hydrogens (primary N) is 1. The molecule has 112 valence electrons. The average molecular weight is 272 g/mol. The summed E-state index contributed by atoms with van der Waals surface area (Å²) in [5.74, 6) is 0.170. The maximum atomic E-state index is 12.0. The van der Waals surface area contributed by atoms with E-state index in [0.29, 0.717) is 13.1 Å². The van der Waals surface area contributed by atoms with Gasteiger partial charge in [-0.3, -0.25) is 14.6 Å². The van der Waals surface area contributed by atoms with Gasteiger partial charge in [0.05, 0.1) is 13.2 Å². The van der Waals surface area contributed by atoms with Crippen molar-refractivity contribution in [2.45, 2.75) is 12.8 Å². The van der Waals surface area contributed by atoms with Crippen molar-refractivity contribution in [3.63, 3.8) is 0 Å². The number of hydrogen-bond donors (Lipinski definition) is 2. The van der Waals surface area contributed by atoms with Gasteiger partial charge in [0.25, 0.3) is 0 Å². The highest BCUT2D eigenvalue weighted by Crippen LogP contribution is 2.03. The van der Waals surface area contributed by atoms with E-state index in [1.165, 1.54) is 0 Å². The summed E-state index contributed by atoms with van der Waals surface area (Å²) in [5.41, 5.74) is 5.45. The maximum Gasteiger partial charge on any atom is 0.236 e. The second-order valence-corrected chi connectivity index (χ2v) is 5.15. The minimum atomic E-state index is 0.170. The summed E-state index contributed by atoms with van der Waals surface area (Å²) in [4.78, 5) is 18.3. The van der Waals surface area contributed by atoms with Crippen molar-refractivity contribution in [2.24, 2.45) is 5.73 Å². The smallest absolute Gasteiger partial charge is 0.236 e. The fraction of sp³-hybridized carbons (Fsp3) is 0.923. The van der Waals surface area contributed by atoms with Crippen molar-refractivity contribution in [3.8, 4) is 0 Å². The molecule has 3 N–H and O–H groups in total. The SMILES string of the molecule is CN(CCCN)C(=O)CN1CCCN(CCO)CC1. The number of aliphatic hydroxyl groups is 1. The molecular weight excluding hydrogens is 244 g/mol. The van der Waals surface area contributed by atoms with Crippen molar-refractivity contribution in [1.29, 1.82) is 0 Å². The molecule has 0 radical (unpaired) electrons. The Morgan fingerprint density at radius 2 is 1.95 bits per heavy atom. The van der Waals surface area contributed by atoms with Crippen LogP contribution in [0.15, 0.2) is 0 Å². The summed E-state index contributed by atoms with van der Waals surface area (Å²) < 4.78 is 0. The minimum Gasteiger partial charge on any atom is -0.395 e. The lowest BCUT2D eigenvalue weighted by Gasteiger charge is -2.24. The summed E-state index contributed by atoms with van der Waals surface area (Å²) in [6.07, 6.45) is 1.91. The number of hydrogen-bond acceptors (Lipinski definition) is 5. The normalized spacial score (nSPS) is 18.3. The summed E-state index contributed by atoms with van der Waals surface area (Å²) >= 11 is 0. The number of carbonyl (C=O) groups excluding carboxylic acids is 1. The van der Waals surface area contributed by atoms with Crippen LogP contribution in [0.3, 0.4) is 0 Å². The van der Waals surface area contributed by atoms with E-state index >= 15 is 0 Å². The fourth-order valence-corrected chi connectivity index (χ4v) is 2.31. The molecule has 0 aromatic rings. The molecule has 0 aromatic heterocycles. The highest BCUT2D eigenvalue weighted by atomic mass is 16.3. The van der Waals surface area contributed by atoms with Gasteiger partial charge in [-0.05, 0) is 32.5 Å². The molecule has 1 amide bonds. The number of rotatable bonds is 7. The fourth-order valence-electron chi connectivity index (χ4n) is 2.31. The van der Waals surface area contributed by atoms with Crippen molar-refractivity contribution in [1.82, 2.24) is 14.7 Å². The van der Waals surface area contributed by atoms with E-state index in [1.54, 1.807) is 4.90 Å². The Labute approximate surface area is 116 Å². The first kappa shape index (κ1) is 16.4. The molecule has 0 atom stereocenters. The Morgan fingerprint density at radius 3 is 2.63 bits per heavy atom. The second kappa shape index (κ2) is 9.25. The molecule has 0 bridgehead atoms. The van der Waals surface area contributed by atoms with E-state index in [2.05, 4.69) is 9.80 Å². The summed E-state index contributed by atoms with van der Waals surface area (Å²) in [5, 5.41) is 8.95. The number of likely N-dealkylation sites (N-methyl/N-ethyl adjacent to an activating group) is 1. The van der Waals surface area contributed by atoms with Crippen LogP contribution in [0.2, 0.25) is 0 Å². The number of nitrogens with zero attached hydrogens (tertiary/aromatic N) is 3. The Bertz CT molecular complexity index is 263. The van der Waals surface area contributed by atoms with E-state index in [1.807, 2.05) is 7.05 Å². The molecule has 6 heteroatoms. The van der Waals surface area contributed by atoms with Gasteiger partial charge < -0.3 is 15.7 Å². The minimum absolute atomic E-state index is 0.170. The largest absolute Gasteiger partial charge is 0.395 e. The van der Waals surface area contributed by atoms with Gasteiger partial charge >= 0.3 is 0 Å². The highest BCUT2D eigenvalue weighted by Gasteiger charge is 2.18. The standard InChI is InChI=1S/C13H28N4O2/c1-15(5-2-4-14)13(19)12-17-7-3-6-16(8-9-17)10-11-18/h18H,2-12,14H2,1H3. The Kier molecular flexibility index (Phi) is 7.97. The van der Waals surface area contributed by atoms with Gasteiger partial charge in [-0.25, -0.2) is 0 Å². The predicted molar refractivity (Wildman–Crippen MR) is 75.9 cm³/mol. The second-order valence-electron chi connectivity index (χ2n) is 5.15. The van der Waals surface area contributed by atoms with E-state index in [-0.39, 0.29) is 12.5 Å². The van der Waals surface area contributed by atoms with Crippen LogP contribution in [-0.2, 0) is 4.79 Å². The number of carbonyl (C=O) groups is 1. The predicted octanol–water partition coefficient (Wildman–Crippen LogP) is -1.21. The third-order valence-electron chi connectivity index (χ3n) is 3.58. The molecule has 6 nitrogen and oxygen atoms in total. The van der Waals surface area contributed by atoms with Crippen LogP contribution in [0.5, 0.6) is 0 Å². The first-order chi connectivity index (χ1) is 9.17. The molecule has 1 fully saturated rings. The molecule has 1 aliphatic heterocycles. The monoisotopic (exact) mass is 272 g/mol. The number of amides is 1. The van der Waals surface area contributed by atoms with Crippen molar-refractivity contribution >= 4 is 5.91 Å². The lowest BCUT2D eigenvalue weighted by atomic mass is 10.3. The number of aliphatic hydroxyl groups excluding tert-OH is 1. The van der Waals surface area contributed by atoms with Crippen LogP contribution in [0.25, 0.3) is 0 Å². The van der Waals surface area contributed by atoms with Gasteiger partial charge in [0, 0.05) is 33.2 Å². The molecule has 1 saturated heterocycles. The Hall–Kier alpha value is -0.690. The van der Waals surface area contributed by atoms with Crippen LogP contribution in [0.4, 0.5) is 0 Å². The van der Waals surface area contributed by atoms with E-state index in [0.717, 1.165) is 52.1 Å². The molecule has 0 unspecified atom stereocenters. The Morgan fingerprint density at radius 1 is 1.26 bits per heavy atom. The highest BCUT2D eigenvalue weighted by molar-refractivity contribution is 5.77. The summed E-state index contributed by atoms with van der Waals surface area (Å²) in [6, 6.07) is 0. The van der Waals surface area contributed by atoms with Crippen molar-refractivity contribution < 1.29 is 9.90 Å². The van der Waals surface area contributed by atoms with E-state index < -0.39 is 0 Å². The molecular formula is C13H28N4O2. The first-order valence-corrected chi connectivity index (χ1v) is 7.17. The molecule has 0 spiro atoms. The molecule has 1 rings (SSSR count). The van der Waals surface area contributed by atoms with E-state index in [4.69, 9.17) is 10.8 Å². The molecule has 1 heterocycles. The number of β-amino-alcohol motifs (C(OH)–C–C–N with tert-alkyl or cyclic N) is 1. The van der Waals surface area contributed by atoms with Crippen LogP contribution in [0.1, 0.15) is 12.8 Å². The zero-order valence-corrected chi connectivity index (χ0v) is 12.1. The van der Waals surface area contributed by atoms with Gasteiger partial charge in [-0.2, -0.15) is 0 Å². The van der Waals surface area contributed by atoms with E-state index in [9.17, 15) is 4.79 Å². The Balaban J connectivity index is 2.30. The lowest BCUT2D eigenvalue weighted by Crippen LogP contribution is -2.40. The summed E-state index contributed by atoms with van der Waals surface area (Å²) in [7, 11) is 1.84. The quantitative estimate of drug-likeness (QED) is 0.609.